The summed E-state index contributed by atoms with van der Waals surface area (Å²) in [6.45, 7) is 3.72. The lowest BCUT2D eigenvalue weighted by Gasteiger charge is -2.29. The first-order chi connectivity index (χ1) is 19.3. The molecule has 3 N–H and O–H groups in total. The molecule has 2 amide bonds. The Morgan fingerprint density at radius 2 is 1.82 bits per heavy atom. The van der Waals surface area contributed by atoms with Gasteiger partial charge in [-0.3, -0.25) is 9.59 Å². The van der Waals surface area contributed by atoms with Gasteiger partial charge in [0.2, 0.25) is 5.91 Å². The summed E-state index contributed by atoms with van der Waals surface area (Å²) < 4.78 is 10.6. The molecule has 0 radical (unpaired) electrons. The molecule has 2 aromatic carbocycles. The van der Waals surface area contributed by atoms with Crippen molar-refractivity contribution in [1.29, 1.82) is 5.26 Å². The van der Waals surface area contributed by atoms with Gasteiger partial charge in [0.1, 0.15) is 11.5 Å². The van der Waals surface area contributed by atoms with E-state index in [2.05, 4.69) is 22.0 Å². The van der Waals surface area contributed by atoms with Gasteiger partial charge >= 0.3 is 0 Å². The number of dihydropyridines is 1. The minimum absolute atomic E-state index is 0.00318. The maximum absolute atomic E-state index is 13.6. The lowest BCUT2D eigenvalue weighted by Crippen LogP contribution is -2.31. The van der Waals surface area contributed by atoms with Crippen LogP contribution in [0.2, 0.25) is 5.02 Å². The Morgan fingerprint density at radius 1 is 1.07 bits per heavy atom. The first-order valence-electron chi connectivity index (χ1n) is 12.1. The van der Waals surface area contributed by atoms with Crippen LogP contribution in [-0.2, 0) is 9.59 Å². The number of hydrogen-bond acceptors (Lipinski definition) is 8. The Bertz CT molecular complexity index is 1540. The smallest absolute Gasteiger partial charge is 0.254 e. The molecule has 1 aliphatic heterocycles. The number of nitrogens with one attached hydrogen (secondary N) is 3. The second kappa shape index (κ2) is 13.0. The number of nitriles is 1. The molecule has 0 bridgehead atoms. The normalized spacial score (nSPS) is 14.8. The van der Waals surface area contributed by atoms with Crippen LogP contribution in [0.15, 0.2) is 75.8 Å². The van der Waals surface area contributed by atoms with E-state index in [1.165, 1.54) is 37.3 Å². The highest BCUT2D eigenvalue weighted by atomic mass is 35.5. The number of hydrogen-bond donors (Lipinski definition) is 3. The second-order valence-corrected chi connectivity index (χ2v) is 11.1. The van der Waals surface area contributed by atoms with Gasteiger partial charge in [-0.05, 0) is 36.9 Å². The summed E-state index contributed by atoms with van der Waals surface area (Å²) in [4.78, 5) is 27.4. The van der Waals surface area contributed by atoms with Crippen molar-refractivity contribution in [2.45, 2.75) is 19.8 Å². The predicted octanol–water partition coefficient (Wildman–Crippen LogP) is 6.43. The van der Waals surface area contributed by atoms with Gasteiger partial charge in [0.25, 0.3) is 5.91 Å². The molecule has 0 aliphatic carbocycles. The van der Waals surface area contributed by atoms with E-state index in [4.69, 9.17) is 21.1 Å². The van der Waals surface area contributed by atoms with E-state index in [9.17, 15) is 14.9 Å². The van der Waals surface area contributed by atoms with Gasteiger partial charge in [-0.25, -0.2) is 0 Å². The standard InChI is InChI=1S/C29H27ClN4O4S2/c1-16-8-5-6-9-20(16)34-28(36)26-17(2)32-29(18(14-31)27(26)24-10-7-11-39-24)40-15-25(35)33-21-13-22(37-3)19(30)12-23(21)38-4/h5-13,27,32H,15H2,1-4H3,(H,33,35)(H,34,36)/t27-/m0/s1. The van der Waals surface area contributed by atoms with Crippen LogP contribution in [0, 0.1) is 18.3 Å². The monoisotopic (exact) mass is 594 g/mol. The summed E-state index contributed by atoms with van der Waals surface area (Å²) in [5, 5.41) is 22.0. The number of benzene rings is 2. The molecule has 0 saturated heterocycles. The van der Waals surface area contributed by atoms with Crippen molar-refractivity contribution >= 4 is 57.9 Å². The maximum Gasteiger partial charge on any atom is 0.254 e. The Labute approximate surface area is 246 Å². The number of carbonyl (C=O) groups is 2. The van der Waals surface area contributed by atoms with Crippen LogP contribution in [-0.4, -0.2) is 31.8 Å². The van der Waals surface area contributed by atoms with E-state index in [1.54, 1.807) is 19.1 Å². The topological polar surface area (TPSA) is 112 Å². The number of aryl methyl sites for hydroxylation is 1. The van der Waals surface area contributed by atoms with Gasteiger partial charge in [-0.2, -0.15) is 5.26 Å². The third-order valence-corrected chi connectivity index (χ3v) is 8.46. The number of methoxy groups -OCH3 is 2. The lowest BCUT2D eigenvalue weighted by atomic mass is 9.86. The quantitative estimate of drug-likeness (QED) is 0.261. The second-order valence-electron chi connectivity index (χ2n) is 8.76. The zero-order valence-electron chi connectivity index (χ0n) is 22.3. The number of para-hydroxylation sites is 1. The van der Waals surface area contributed by atoms with Gasteiger partial charge in [0, 0.05) is 34.0 Å². The average molecular weight is 595 g/mol. The fourth-order valence-corrected chi connectivity index (χ4v) is 6.22. The van der Waals surface area contributed by atoms with Crippen LogP contribution in [0.1, 0.15) is 23.3 Å². The highest BCUT2D eigenvalue weighted by Gasteiger charge is 2.35. The third-order valence-electron chi connectivity index (χ3n) is 6.21. The summed E-state index contributed by atoms with van der Waals surface area (Å²) in [7, 11) is 2.96. The van der Waals surface area contributed by atoms with E-state index in [1.807, 2.05) is 48.7 Å². The first kappa shape index (κ1) is 29.1. The number of nitrogens with zero attached hydrogens (tertiary/aromatic N) is 1. The summed E-state index contributed by atoms with van der Waals surface area (Å²) >= 11 is 8.82. The maximum atomic E-state index is 13.6. The van der Waals surface area contributed by atoms with Crippen LogP contribution < -0.4 is 25.4 Å². The van der Waals surface area contributed by atoms with E-state index < -0.39 is 5.92 Å². The first-order valence-corrected chi connectivity index (χ1v) is 14.4. The molecule has 1 atom stereocenters. The minimum Gasteiger partial charge on any atom is -0.495 e. The van der Waals surface area contributed by atoms with Gasteiger partial charge in [0.15, 0.2) is 0 Å². The zero-order valence-corrected chi connectivity index (χ0v) is 24.6. The molecule has 1 aromatic heterocycles. The number of halogens is 1. The van der Waals surface area contributed by atoms with Crippen molar-refractivity contribution in [1.82, 2.24) is 5.32 Å². The number of carbonyl (C=O) groups excluding carboxylic acids is 2. The molecule has 8 nitrogen and oxygen atoms in total. The Kier molecular flexibility index (Phi) is 9.42. The van der Waals surface area contributed by atoms with Gasteiger partial charge in [0.05, 0.1) is 53.3 Å². The van der Waals surface area contributed by atoms with Gasteiger partial charge in [-0.15, -0.1) is 11.3 Å². The molecule has 2 heterocycles. The molecule has 40 heavy (non-hydrogen) atoms. The van der Waals surface area contributed by atoms with E-state index >= 15 is 0 Å². The van der Waals surface area contributed by atoms with Crippen molar-refractivity contribution in [3.63, 3.8) is 0 Å². The van der Waals surface area contributed by atoms with Crippen molar-refractivity contribution in [3.05, 3.63) is 91.2 Å². The molecule has 3 aromatic rings. The Balaban J connectivity index is 1.58. The number of anilines is 2. The Morgan fingerprint density at radius 3 is 2.48 bits per heavy atom. The number of thiophene rings is 1. The average Bonchev–Trinajstić information content (AvgIpc) is 3.48. The summed E-state index contributed by atoms with van der Waals surface area (Å²) in [5.74, 6) is -0.423. The van der Waals surface area contributed by atoms with Crippen LogP contribution >= 0.6 is 34.7 Å². The van der Waals surface area contributed by atoms with Crippen LogP contribution in [0.5, 0.6) is 11.5 Å². The molecule has 206 valence electrons. The number of allylic oxidation sites excluding steroid dienone is 2. The number of amides is 2. The number of ether oxygens (including phenoxy) is 2. The number of rotatable bonds is 9. The fourth-order valence-electron chi connectivity index (χ4n) is 4.25. The van der Waals surface area contributed by atoms with E-state index in [0.29, 0.717) is 49.8 Å². The summed E-state index contributed by atoms with van der Waals surface area (Å²) in [5.41, 5.74) is 3.46. The van der Waals surface area contributed by atoms with Crippen molar-refractivity contribution in [2.24, 2.45) is 0 Å². The zero-order chi connectivity index (χ0) is 28.8. The van der Waals surface area contributed by atoms with E-state index in [0.717, 1.165) is 10.4 Å². The fraction of sp³-hybridized carbons (Fsp3) is 0.207. The highest BCUT2D eigenvalue weighted by molar-refractivity contribution is 8.03. The number of thioether (sulfide) groups is 1. The van der Waals surface area contributed by atoms with Crippen LogP contribution in [0.25, 0.3) is 0 Å². The van der Waals surface area contributed by atoms with Crippen LogP contribution in [0.4, 0.5) is 11.4 Å². The highest BCUT2D eigenvalue weighted by Crippen LogP contribution is 2.43. The molecular formula is C29H27ClN4O4S2. The molecule has 0 unspecified atom stereocenters. The van der Waals surface area contributed by atoms with Gasteiger partial charge in [-0.1, -0.05) is 47.6 Å². The largest absolute Gasteiger partial charge is 0.495 e. The molecule has 0 spiro atoms. The van der Waals surface area contributed by atoms with Crippen molar-refractivity contribution in [3.8, 4) is 17.6 Å². The van der Waals surface area contributed by atoms with Crippen molar-refractivity contribution < 1.29 is 19.1 Å². The minimum atomic E-state index is -0.582. The third kappa shape index (κ3) is 6.28. The predicted molar refractivity (Wildman–Crippen MR) is 161 cm³/mol. The molecular weight excluding hydrogens is 568 g/mol. The molecule has 0 saturated carbocycles. The molecule has 4 rings (SSSR count). The molecule has 0 fully saturated rings. The van der Waals surface area contributed by atoms with Crippen molar-refractivity contribution in [2.75, 3.05) is 30.6 Å². The van der Waals surface area contributed by atoms with Crippen LogP contribution in [0.3, 0.4) is 0 Å². The lowest BCUT2D eigenvalue weighted by molar-refractivity contribution is -0.114. The molecule has 1 aliphatic rings. The van der Waals surface area contributed by atoms with Gasteiger partial charge < -0.3 is 25.4 Å². The molecule has 11 heteroatoms. The van der Waals surface area contributed by atoms with E-state index in [-0.39, 0.29) is 17.6 Å². The summed E-state index contributed by atoms with van der Waals surface area (Å²) in [6.07, 6.45) is 0. The Hall–Kier alpha value is -3.91. The SMILES string of the molecule is COc1cc(NC(=O)CSC2=C(C#N)[C@@H](c3cccs3)C(C(=O)Nc3ccccc3C)=C(C)N2)c(OC)cc1Cl. The summed E-state index contributed by atoms with van der Waals surface area (Å²) in [6, 6.07) is 16.7.